The van der Waals surface area contributed by atoms with E-state index in [0.717, 1.165) is 23.3 Å². The van der Waals surface area contributed by atoms with Crippen molar-refractivity contribution in [2.75, 3.05) is 13.7 Å². The van der Waals surface area contributed by atoms with Crippen LogP contribution in [0.5, 0.6) is 5.75 Å². The fourth-order valence-electron chi connectivity index (χ4n) is 2.69. The number of carbonyl (C=O) groups is 1. The molecule has 2 aromatic carbocycles. The number of benzene rings is 2. The second-order valence-electron chi connectivity index (χ2n) is 5.48. The molecule has 122 valence electrons. The van der Waals surface area contributed by atoms with E-state index in [4.69, 9.17) is 4.74 Å². The lowest BCUT2D eigenvalue weighted by atomic mass is 10.1. The van der Waals surface area contributed by atoms with Gasteiger partial charge < -0.3 is 15.0 Å². The van der Waals surface area contributed by atoms with Gasteiger partial charge in [0.1, 0.15) is 5.75 Å². The third kappa shape index (κ3) is 3.66. The maximum absolute atomic E-state index is 12.0. The second kappa shape index (κ2) is 7.51. The van der Waals surface area contributed by atoms with Crippen molar-refractivity contribution in [3.05, 3.63) is 71.9 Å². The van der Waals surface area contributed by atoms with E-state index in [1.165, 1.54) is 17.0 Å². The number of fused-ring (bicyclic) bond motifs is 1. The standard InChI is InChI=1S/C20H20N2O2/c1-24-19-9-5-2-6-15(19)10-11-20(23)21-13-12-16-14-22-18-8-4-3-7-17(16)18/h2-11,14,22H,12-13H2,1H3,(H,21,23)/b11-10+. The zero-order valence-electron chi connectivity index (χ0n) is 13.6. The number of nitrogens with one attached hydrogen (secondary N) is 2. The summed E-state index contributed by atoms with van der Waals surface area (Å²) in [6.07, 6.45) is 6.09. The Morgan fingerprint density at radius 3 is 2.83 bits per heavy atom. The molecule has 0 fully saturated rings. The number of hydrogen-bond acceptors (Lipinski definition) is 2. The van der Waals surface area contributed by atoms with Crippen molar-refractivity contribution in [3.8, 4) is 5.75 Å². The summed E-state index contributed by atoms with van der Waals surface area (Å²) in [6, 6.07) is 15.8. The summed E-state index contributed by atoms with van der Waals surface area (Å²) in [5.41, 5.74) is 3.21. The molecule has 0 aliphatic rings. The molecule has 3 rings (SSSR count). The number of para-hydroxylation sites is 2. The van der Waals surface area contributed by atoms with Crippen LogP contribution in [0.4, 0.5) is 0 Å². The summed E-state index contributed by atoms with van der Waals surface area (Å²) < 4.78 is 5.26. The molecule has 0 radical (unpaired) electrons. The van der Waals surface area contributed by atoms with Crippen LogP contribution in [-0.4, -0.2) is 24.5 Å². The van der Waals surface area contributed by atoms with Gasteiger partial charge >= 0.3 is 0 Å². The molecule has 0 aliphatic heterocycles. The first-order valence-electron chi connectivity index (χ1n) is 7.92. The third-order valence-electron chi connectivity index (χ3n) is 3.92. The molecule has 2 N–H and O–H groups in total. The second-order valence-corrected chi connectivity index (χ2v) is 5.48. The van der Waals surface area contributed by atoms with E-state index < -0.39 is 0 Å². The van der Waals surface area contributed by atoms with Gasteiger partial charge in [0.15, 0.2) is 0 Å². The molecule has 4 heteroatoms. The van der Waals surface area contributed by atoms with Crippen molar-refractivity contribution in [2.45, 2.75) is 6.42 Å². The topological polar surface area (TPSA) is 54.1 Å². The first-order valence-corrected chi connectivity index (χ1v) is 7.92. The van der Waals surface area contributed by atoms with Crippen LogP contribution in [-0.2, 0) is 11.2 Å². The van der Waals surface area contributed by atoms with Crippen LogP contribution in [0.2, 0.25) is 0 Å². The van der Waals surface area contributed by atoms with E-state index >= 15 is 0 Å². The Bertz CT molecular complexity index is 865. The molecule has 0 saturated heterocycles. The van der Waals surface area contributed by atoms with Crippen molar-refractivity contribution in [2.24, 2.45) is 0 Å². The van der Waals surface area contributed by atoms with E-state index in [2.05, 4.69) is 16.4 Å². The Morgan fingerprint density at radius 1 is 1.17 bits per heavy atom. The summed E-state index contributed by atoms with van der Waals surface area (Å²) in [4.78, 5) is 15.2. The molecule has 0 unspecified atom stereocenters. The molecular formula is C20H20N2O2. The van der Waals surface area contributed by atoms with E-state index in [9.17, 15) is 4.79 Å². The summed E-state index contributed by atoms with van der Waals surface area (Å²) in [5, 5.41) is 4.12. The molecule has 4 nitrogen and oxygen atoms in total. The zero-order valence-corrected chi connectivity index (χ0v) is 13.6. The first kappa shape index (κ1) is 15.9. The number of aromatic amines is 1. The van der Waals surface area contributed by atoms with Crippen LogP contribution in [0.3, 0.4) is 0 Å². The predicted octanol–water partition coefficient (Wildman–Crippen LogP) is 3.55. The van der Waals surface area contributed by atoms with Gasteiger partial charge in [-0.2, -0.15) is 0 Å². The summed E-state index contributed by atoms with van der Waals surface area (Å²) in [7, 11) is 1.62. The number of hydrogen-bond donors (Lipinski definition) is 2. The molecule has 1 aromatic heterocycles. The van der Waals surface area contributed by atoms with E-state index in [1.54, 1.807) is 13.2 Å². The Kier molecular flexibility index (Phi) is 4.96. The highest BCUT2D eigenvalue weighted by atomic mass is 16.5. The molecule has 0 atom stereocenters. The van der Waals surface area contributed by atoms with Crippen molar-refractivity contribution in [1.82, 2.24) is 10.3 Å². The van der Waals surface area contributed by atoms with Crippen molar-refractivity contribution in [1.29, 1.82) is 0 Å². The maximum atomic E-state index is 12.0. The quantitative estimate of drug-likeness (QED) is 0.683. The Morgan fingerprint density at radius 2 is 1.96 bits per heavy atom. The number of methoxy groups -OCH3 is 1. The lowest BCUT2D eigenvalue weighted by Crippen LogP contribution is -2.23. The lowest BCUT2D eigenvalue weighted by molar-refractivity contribution is -0.116. The van der Waals surface area contributed by atoms with Crippen LogP contribution < -0.4 is 10.1 Å². The average molecular weight is 320 g/mol. The Hall–Kier alpha value is -3.01. The van der Waals surface area contributed by atoms with Gasteiger partial charge in [-0.15, -0.1) is 0 Å². The molecule has 1 heterocycles. The van der Waals surface area contributed by atoms with Crippen molar-refractivity contribution >= 4 is 22.9 Å². The van der Waals surface area contributed by atoms with Gasteiger partial charge in [-0.3, -0.25) is 4.79 Å². The molecule has 1 amide bonds. The molecule has 0 bridgehead atoms. The number of H-pyrrole nitrogens is 1. The van der Waals surface area contributed by atoms with Crippen molar-refractivity contribution in [3.63, 3.8) is 0 Å². The number of amides is 1. The smallest absolute Gasteiger partial charge is 0.244 e. The minimum atomic E-state index is -0.110. The molecule has 24 heavy (non-hydrogen) atoms. The number of rotatable bonds is 6. The van der Waals surface area contributed by atoms with Gasteiger partial charge in [-0.1, -0.05) is 36.4 Å². The Balaban J connectivity index is 1.55. The summed E-state index contributed by atoms with van der Waals surface area (Å²) in [5.74, 6) is 0.640. The first-order chi connectivity index (χ1) is 11.8. The third-order valence-corrected chi connectivity index (χ3v) is 3.92. The van der Waals surface area contributed by atoms with Crippen LogP contribution in [0.25, 0.3) is 17.0 Å². The SMILES string of the molecule is COc1ccccc1/C=C/C(=O)NCCc1c[nH]c2ccccc12. The highest BCUT2D eigenvalue weighted by Crippen LogP contribution is 2.19. The van der Waals surface area contributed by atoms with Gasteiger partial charge in [0.25, 0.3) is 0 Å². The lowest BCUT2D eigenvalue weighted by Gasteiger charge is -2.04. The largest absolute Gasteiger partial charge is 0.496 e. The molecule has 0 aliphatic carbocycles. The molecule has 0 saturated carbocycles. The number of ether oxygens (including phenoxy) is 1. The average Bonchev–Trinajstić information content (AvgIpc) is 3.03. The van der Waals surface area contributed by atoms with Crippen LogP contribution in [0.15, 0.2) is 60.8 Å². The van der Waals surface area contributed by atoms with E-state index in [1.807, 2.05) is 48.7 Å². The van der Waals surface area contributed by atoms with Crippen LogP contribution in [0, 0.1) is 0 Å². The van der Waals surface area contributed by atoms with E-state index in [-0.39, 0.29) is 5.91 Å². The van der Waals surface area contributed by atoms with Crippen LogP contribution in [0.1, 0.15) is 11.1 Å². The van der Waals surface area contributed by atoms with Gasteiger partial charge in [-0.05, 0) is 30.2 Å². The fourth-order valence-corrected chi connectivity index (χ4v) is 2.69. The van der Waals surface area contributed by atoms with Gasteiger partial charge in [-0.25, -0.2) is 0 Å². The van der Waals surface area contributed by atoms with Gasteiger partial charge in [0, 0.05) is 35.3 Å². The molecule has 0 spiro atoms. The zero-order chi connectivity index (χ0) is 16.8. The normalized spacial score (nSPS) is 11.0. The minimum absolute atomic E-state index is 0.110. The van der Waals surface area contributed by atoms with Gasteiger partial charge in [0.05, 0.1) is 7.11 Å². The fraction of sp³-hybridized carbons (Fsp3) is 0.150. The highest BCUT2D eigenvalue weighted by Gasteiger charge is 2.03. The maximum Gasteiger partial charge on any atom is 0.244 e. The number of carbonyl (C=O) groups excluding carboxylic acids is 1. The number of aromatic nitrogens is 1. The van der Waals surface area contributed by atoms with Crippen LogP contribution >= 0.6 is 0 Å². The monoisotopic (exact) mass is 320 g/mol. The van der Waals surface area contributed by atoms with E-state index in [0.29, 0.717) is 6.54 Å². The molecular weight excluding hydrogens is 300 g/mol. The Labute approximate surface area is 141 Å². The highest BCUT2D eigenvalue weighted by molar-refractivity contribution is 5.92. The predicted molar refractivity (Wildman–Crippen MR) is 97.0 cm³/mol. The summed E-state index contributed by atoms with van der Waals surface area (Å²) in [6.45, 7) is 0.594. The minimum Gasteiger partial charge on any atom is -0.496 e. The molecule has 3 aromatic rings. The van der Waals surface area contributed by atoms with Gasteiger partial charge in [0.2, 0.25) is 5.91 Å². The summed E-state index contributed by atoms with van der Waals surface area (Å²) >= 11 is 0. The van der Waals surface area contributed by atoms with Crippen molar-refractivity contribution < 1.29 is 9.53 Å².